The normalized spacial score (nSPS) is 16.2. The minimum atomic E-state index is -0.709. The third-order valence-corrected chi connectivity index (χ3v) is 3.61. The van der Waals surface area contributed by atoms with Crippen molar-refractivity contribution in [1.82, 2.24) is 4.98 Å². The Morgan fingerprint density at radius 2 is 1.56 bits per heavy atom. The maximum absolute atomic E-state index is 11.2. The number of carboxylic acids is 1. The number of hydrogen-bond donors (Lipinski definition) is 1. The zero-order valence-electron chi connectivity index (χ0n) is 9.84. The van der Waals surface area contributed by atoms with Gasteiger partial charge in [0.05, 0.1) is 5.41 Å². The summed E-state index contributed by atoms with van der Waals surface area (Å²) in [4.78, 5) is 15.2. The summed E-state index contributed by atoms with van der Waals surface area (Å²) in [5.74, 6) is -0.709. The van der Waals surface area contributed by atoms with Gasteiger partial charge in [-0.25, -0.2) is 0 Å². The minimum Gasteiger partial charge on any atom is -0.481 e. The fraction of sp³-hybridized carbons (Fsp3) is 0.200. The number of hydrogen-bond acceptors (Lipinski definition) is 2. The lowest BCUT2D eigenvalue weighted by atomic mass is 9.94. The van der Waals surface area contributed by atoms with E-state index in [1.807, 2.05) is 36.4 Å². The maximum atomic E-state index is 11.2. The van der Waals surface area contributed by atoms with Gasteiger partial charge in [0.2, 0.25) is 0 Å². The molecule has 3 rings (SSSR count). The molecule has 1 aliphatic rings. The summed E-state index contributed by atoms with van der Waals surface area (Å²) < 4.78 is 0. The van der Waals surface area contributed by atoms with Gasteiger partial charge in [-0.2, -0.15) is 0 Å². The Morgan fingerprint density at radius 1 is 1.00 bits per heavy atom. The van der Waals surface area contributed by atoms with Crippen LogP contribution in [0.2, 0.25) is 0 Å². The van der Waals surface area contributed by atoms with E-state index in [1.165, 1.54) is 0 Å². The van der Waals surface area contributed by atoms with Crippen LogP contribution in [0.25, 0.3) is 11.1 Å². The van der Waals surface area contributed by atoms with Gasteiger partial charge in [-0.1, -0.05) is 24.3 Å². The first-order valence-corrected chi connectivity index (χ1v) is 5.97. The van der Waals surface area contributed by atoms with Gasteiger partial charge in [-0.15, -0.1) is 0 Å². The summed E-state index contributed by atoms with van der Waals surface area (Å²) in [6.07, 6.45) is 5.00. The second kappa shape index (κ2) is 3.95. The van der Waals surface area contributed by atoms with Crippen molar-refractivity contribution in [3.8, 4) is 11.1 Å². The molecule has 0 unspecified atom stereocenters. The van der Waals surface area contributed by atoms with Crippen molar-refractivity contribution in [3.63, 3.8) is 0 Å². The highest BCUT2D eigenvalue weighted by Crippen LogP contribution is 2.48. The van der Waals surface area contributed by atoms with Crippen LogP contribution in [-0.4, -0.2) is 16.1 Å². The van der Waals surface area contributed by atoms with E-state index in [1.54, 1.807) is 12.4 Å². The van der Waals surface area contributed by atoms with Crippen molar-refractivity contribution < 1.29 is 9.90 Å². The molecule has 3 heteroatoms. The van der Waals surface area contributed by atoms with E-state index in [2.05, 4.69) is 4.98 Å². The van der Waals surface area contributed by atoms with E-state index >= 15 is 0 Å². The number of pyridine rings is 1. The van der Waals surface area contributed by atoms with Crippen LogP contribution in [0.5, 0.6) is 0 Å². The van der Waals surface area contributed by atoms with E-state index in [4.69, 9.17) is 0 Å². The second-order valence-electron chi connectivity index (χ2n) is 4.70. The molecule has 0 spiro atoms. The first-order valence-electron chi connectivity index (χ1n) is 5.97. The molecule has 90 valence electrons. The Kier molecular flexibility index (Phi) is 2.40. The van der Waals surface area contributed by atoms with Crippen molar-refractivity contribution in [2.45, 2.75) is 18.3 Å². The zero-order chi connectivity index (χ0) is 12.6. The summed E-state index contributed by atoms with van der Waals surface area (Å²) in [5, 5.41) is 9.24. The van der Waals surface area contributed by atoms with Gasteiger partial charge in [0, 0.05) is 12.4 Å². The van der Waals surface area contributed by atoms with Gasteiger partial charge in [-0.05, 0) is 41.7 Å². The Balaban J connectivity index is 1.93. The van der Waals surface area contributed by atoms with E-state index in [9.17, 15) is 9.90 Å². The highest BCUT2D eigenvalue weighted by molar-refractivity contribution is 5.85. The zero-order valence-corrected chi connectivity index (χ0v) is 9.84. The second-order valence-corrected chi connectivity index (χ2v) is 4.70. The van der Waals surface area contributed by atoms with E-state index in [0.717, 1.165) is 29.5 Å². The van der Waals surface area contributed by atoms with Crippen LogP contribution in [0, 0.1) is 0 Å². The van der Waals surface area contributed by atoms with Gasteiger partial charge in [0.15, 0.2) is 0 Å². The third kappa shape index (κ3) is 1.68. The molecule has 1 saturated carbocycles. The molecular formula is C15H13NO2. The standard InChI is InChI=1S/C15H13NO2/c17-14(18)15(7-8-15)13-3-1-11(2-4-13)12-5-9-16-10-6-12/h1-6,9-10H,7-8H2,(H,17,18). The van der Waals surface area contributed by atoms with Crippen molar-refractivity contribution in [1.29, 1.82) is 0 Å². The van der Waals surface area contributed by atoms with Crippen LogP contribution in [0.3, 0.4) is 0 Å². The number of rotatable bonds is 3. The molecule has 1 N–H and O–H groups in total. The van der Waals surface area contributed by atoms with Gasteiger partial charge < -0.3 is 5.11 Å². The van der Waals surface area contributed by atoms with Crippen LogP contribution in [0.4, 0.5) is 0 Å². The molecule has 0 saturated heterocycles. The summed E-state index contributed by atoms with van der Waals surface area (Å²) in [5.41, 5.74) is 2.48. The number of nitrogens with zero attached hydrogens (tertiary/aromatic N) is 1. The highest BCUT2D eigenvalue weighted by atomic mass is 16.4. The summed E-state index contributed by atoms with van der Waals surface area (Å²) in [6, 6.07) is 11.7. The van der Waals surface area contributed by atoms with Crippen LogP contribution >= 0.6 is 0 Å². The fourth-order valence-electron chi connectivity index (χ4n) is 2.28. The molecule has 0 radical (unpaired) electrons. The third-order valence-electron chi connectivity index (χ3n) is 3.61. The molecule has 18 heavy (non-hydrogen) atoms. The molecule has 3 nitrogen and oxygen atoms in total. The highest BCUT2D eigenvalue weighted by Gasteiger charge is 2.51. The average Bonchev–Trinajstić information content (AvgIpc) is 3.22. The number of aromatic nitrogens is 1. The maximum Gasteiger partial charge on any atom is 0.314 e. The molecule has 1 fully saturated rings. The Labute approximate surface area is 105 Å². The first kappa shape index (κ1) is 11.0. The Bertz CT molecular complexity index is 571. The Morgan fingerprint density at radius 3 is 2.06 bits per heavy atom. The quantitative estimate of drug-likeness (QED) is 0.896. The van der Waals surface area contributed by atoms with Gasteiger partial charge in [-0.3, -0.25) is 9.78 Å². The predicted octanol–water partition coefficient (Wildman–Crippen LogP) is 2.86. The first-order chi connectivity index (χ1) is 8.72. The predicted molar refractivity (Wildman–Crippen MR) is 68.2 cm³/mol. The molecule has 1 aliphatic carbocycles. The summed E-state index contributed by atoms with van der Waals surface area (Å²) in [6.45, 7) is 0. The monoisotopic (exact) mass is 239 g/mol. The largest absolute Gasteiger partial charge is 0.481 e. The number of benzene rings is 1. The number of aliphatic carboxylic acids is 1. The van der Waals surface area contributed by atoms with Crippen LogP contribution in [0.1, 0.15) is 18.4 Å². The molecule has 1 aromatic heterocycles. The van der Waals surface area contributed by atoms with Crippen molar-refractivity contribution in [2.75, 3.05) is 0 Å². The SMILES string of the molecule is O=C(O)C1(c2ccc(-c3ccncc3)cc2)CC1. The molecule has 1 heterocycles. The van der Waals surface area contributed by atoms with Crippen LogP contribution in [0.15, 0.2) is 48.8 Å². The van der Waals surface area contributed by atoms with Crippen LogP contribution < -0.4 is 0 Å². The van der Waals surface area contributed by atoms with Crippen molar-refractivity contribution in [3.05, 3.63) is 54.4 Å². The smallest absolute Gasteiger partial charge is 0.314 e. The average molecular weight is 239 g/mol. The minimum absolute atomic E-state index is 0.614. The van der Waals surface area contributed by atoms with Crippen LogP contribution in [-0.2, 0) is 10.2 Å². The number of carbonyl (C=O) groups is 1. The van der Waals surface area contributed by atoms with Gasteiger partial charge in [0.25, 0.3) is 0 Å². The molecule has 0 bridgehead atoms. The molecule has 2 aromatic rings. The molecular weight excluding hydrogens is 226 g/mol. The summed E-state index contributed by atoms with van der Waals surface area (Å²) in [7, 11) is 0. The van der Waals surface area contributed by atoms with E-state index in [-0.39, 0.29) is 0 Å². The lowest BCUT2D eigenvalue weighted by Crippen LogP contribution is -2.19. The lowest BCUT2D eigenvalue weighted by Gasteiger charge is -2.10. The molecule has 0 aliphatic heterocycles. The topological polar surface area (TPSA) is 50.2 Å². The summed E-state index contributed by atoms with van der Waals surface area (Å²) >= 11 is 0. The van der Waals surface area contributed by atoms with Gasteiger partial charge >= 0.3 is 5.97 Å². The fourth-order valence-corrected chi connectivity index (χ4v) is 2.28. The van der Waals surface area contributed by atoms with E-state index < -0.39 is 11.4 Å². The molecule has 1 aromatic carbocycles. The van der Waals surface area contributed by atoms with Crippen molar-refractivity contribution >= 4 is 5.97 Å². The molecule has 0 amide bonds. The number of carboxylic acid groups (broad SMARTS) is 1. The van der Waals surface area contributed by atoms with Crippen molar-refractivity contribution in [2.24, 2.45) is 0 Å². The lowest BCUT2D eigenvalue weighted by molar-refractivity contribution is -0.140. The van der Waals surface area contributed by atoms with E-state index in [0.29, 0.717) is 0 Å². The Hall–Kier alpha value is -2.16. The van der Waals surface area contributed by atoms with Gasteiger partial charge in [0.1, 0.15) is 0 Å². The molecule has 0 atom stereocenters.